The third-order valence-electron chi connectivity index (χ3n) is 2.91. The highest BCUT2D eigenvalue weighted by Crippen LogP contribution is 2.26. The number of thiophene rings is 1. The SMILES string of the molecule is O=Cc1cn(Cc2cccc(Cl)c2)nc1-c1cccs1. The molecule has 3 rings (SSSR count). The molecule has 3 aromatic rings. The summed E-state index contributed by atoms with van der Waals surface area (Å²) in [6.07, 6.45) is 2.61. The van der Waals surface area contributed by atoms with Crippen molar-refractivity contribution in [3.63, 3.8) is 0 Å². The Morgan fingerprint density at radius 1 is 1.30 bits per heavy atom. The fourth-order valence-electron chi connectivity index (χ4n) is 2.03. The van der Waals surface area contributed by atoms with E-state index >= 15 is 0 Å². The van der Waals surface area contributed by atoms with Crippen molar-refractivity contribution in [3.8, 4) is 10.6 Å². The molecule has 20 heavy (non-hydrogen) atoms. The molecule has 3 nitrogen and oxygen atoms in total. The van der Waals surface area contributed by atoms with Crippen molar-refractivity contribution in [1.29, 1.82) is 0 Å². The lowest BCUT2D eigenvalue weighted by Gasteiger charge is -2.02. The van der Waals surface area contributed by atoms with E-state index in [0.717, 1.165) is 22.4 Å². The fourth-order valence-corrected chi connectivity index (χ4v) is 2.98. The molecule has 0 unspecified atom stereocenters. The van der Waals surface area contributed by atoms with Crippen LogP contribution in [-0.2, 0) is 6.54 Å². The van der Waals surface area contributed by atoms with Gasteiger partial charge in [0.1, 0.15) is 5.69 Å². The maximum atomic E-state index is 11.2. The predicted octanol–water partition coefficient (Wildman–Crippen LogP) is 4.13. The molecule has 0 saturated carbocycles. The first-order valence-corrected chi connectivity index (χ1v) is 7.33. The summed E-state index contributed by atoms with van der Waals surface area (Å²) in [7, 11) is 0. The summed E-state index contributed by atoms with van der Waals surface area (Å²) in [6.45, 7) is 0.590. The molecule has 100 valence electrons. The molecule has 1 aromatic carbocycles. The lowest BCUT2D eigenvalue weighted by atomic mass is 10.2. The van der Waals surface area contributed by atoms with E-state index in [9.17, 15) is 4.79 Å². The number of aromatic nitrogens is 2. The van der Waals surface area contributed by atoms with Crippen LogP contribution in [-0.4, -0.2) is 16.1 Å². The van der Waals surface area contributed by atoms with Gasteiger partial charge in [0.2, 0.25) is 0 Å². The van der Waals surface area contributed by atoms with Gasteiger partial charge in [-0.25, -0.2) is 0 Å². The molecule has 0 N–H and O–H groups in total. The van der Waals surface area contributed by atoms with Crippen LogP contribution in [0.3, 0.4) is 0 Å². The van der Waals surface area contributed by atoms with E-state index in [1.807, 2.05) is 41.8 Å². The Labute approximate surface area is 125 Å². The molecular weight excluding hydrogens is 292 g/mol. The smallest absolute Gasteiger partial charge is 0.153 e. The zero-order valence-electron chi connectivity index (χ0n) is 10.5. The molecule has 0 fully saturated rings. The van der Waals surface area contributed by atoms with E-state index in [2.05, 4.69) is 5.10 Å². The number of aldehydes is 1. The van der Waals surface area contributed by atoms with Gasteiger partial charge in [0.15, 0.2) is 6.29 Å². The normalized spacial score (nSPS) is 10.7. The minimum atomic E-state index is 0.590. The first-order valence-electron chi connectivity index (χ1n) is 6.07. The third-order valence-corrected chi connectivity index (χ3v) is 4.02. The Morgan fingerprint density at radius 3 is 2.90 bits per heavy atom. The summed E-state index contributed by atoms with van der Waals surface area (Å²) in [5.74, 6) is 0. The molecule has 0 atom stereocenters. The lowest BCUT2D eigenvalue weighted by molar-refractivity contribution is 0.112. The minimum absolute atomic E-state index is 0.590. The molecule has 0 bridgehead atoms. The van der Waals surface area contributed by atoms with E-state index in [4.69, 9.17) is 11.6 Å². The summed E-state index contributed by atoms with van der Waals surface area (Å²) in [4.78, 5) is 12.2. The van der Waals surface area contributed by atoms with Gasteiger partial charge in [-0.05, 0) is 29.1 Å². The van der Waals surface area contributed by atoms with Crippen LogP contribution < -0.4 is 0 Å². The van der Waals surface area contributed by atoms with Crippen LogP contribution >= 0.6 is 22.9 Å². The first-order chi connectivity index (χ1) is 9.76. The largest absolute Gasteiger partial charge is 0.298 e. The van der Waals surface area contributed by atoms with E-state index in [-0.39, 0.29) is 0 Å². The van der Waals surface area contributed by atoms with Gasteiger partial charge in [-0.15, -0.1) is 11.3 Å². The Bertz CT molecular complexity index is 734. The van der Waals surface area contributed by atoms with Gasteiger partial charge >= 0.3 is 0 Å². The van der Waals surface area contributed by atoms with Gasteiger partial charge in [0.25, 0.3) is 0 Å². The van der Waals surface area contributed by atoms with Gasteiger partial charge in [-0.2, -0.15) is 5.10 Å². The van der Waals surface area contributed by atoms with Crippen molar-refractivity contribution in [2.24, 2.45) is 0 Å². The highest BCUT2D eigenvalue weighted by molar-refractivity contribution is 7.13. The van der Waals surface area contributed by atoms with Crippen LogP contribution in [0.1, 0.15) is 15.9 Å². The summed E-state index contributed by atoms with van der Waals surface area (Å²) in [5, 5.41) is 7.17. The van der Waals surface area contributed by atoms with E-state index in [0.29, 0.717) is 17.1 Å². The van der Waals surface area contributed by atoms with Crippen LogP contribution in [0.2, 0.25) is 5.02 Å². The highest BCUT2D eigenvalue weighted by atomic mass is 35.5. The molecule has 0 saturated heterocycles. The Balaban J connectivity index is 1.93. The van der Waals surface area contributed by atoms with E-state index in [1.165, 1.54) is 0 Å². The summed E-state index contributed by atoms with van der Waals surface area (Å²) in [5.41, 5.74) is 2.39. The third kappa shape index (κ3) is 2.66. The summed E-state index contributed by atoms with van der Waals surface area (Å²) >= 11 is 7.54. The van der Waals surface area contributed by atoms with E-state index < -0.39 is 0 Å². The zero-order chi connectivity index (χ0) is 13.9. The minimum Gasteiger partial charge on any atom is -0.298 e. The molecule has 0 amide bonds. The molecule has 2 heterocycles. The molecule has 0 radical (unpaired) electrons. The van der Waals surface area contributed by atoms with Crippen LogP contribution in [0, 0.1) is 0 Å². The topological polar surface area (TPSA) is 34.9 Å². The quantitative estimate of drug-likeness (QED) is 0.679. The Hall–Kier alpha value is -1.91. The zero-order valence-corrected chi connectivity index (χ0v) is 12.1. The number of nitrogens with zero attached hydrogens (tertiary/aromatic N) is 2. The van der Waals surface area contributed by atoms with Crippen LogP contribution in [0.4, 0.5) is 0 Å². The molecule has 0 spiro atoms. The fraction of sp³-hybridized carbons (Fsp3) is 0.0667. The van der Waals surface area contributed by atoms with Crippen molar-refractivity contribution in [1.82, 2.24) is 9.78 Å². The molecular formula is C15H11ClN2OS. The Morgan fingerprint density at radius 2 is 2.20 bits per heavy atom. The van der Waals surface area contributed by atoms with Gasteiger partial charge in [0.05, 0.1) is 17.0 Å². The second-order valence-corrected chi connectivity index (χ2v) is 5.74. The van der Waals surface area contributed by atoms with Gasteiger partial charge in [-0.1, -0.05) is 29.8 Å². The number of rotatable bonds is 4. The van der Waals surface area contributed by atoms with Crippen molar-refractivity contribution in [3.05, 3.63) is 64.1 Å². The van der Waals surface area contributed by atoms with E-state index in [1.54, 1.807) is 22.2 Å². The van der Waals surface area contributed by atoms with Crippen LogP contribution in [0.25, 0.3) is 10.6 Å². The van der Waals surface area contributed by atoms with Crippen molar-refractivity contribution in [2.45, 2.75) is 6.54 Å². The van der Waals surface area contributed by atoms with Gasteiger partial charge < -0.3 is 0 Å². The average molecular weight is 303 g/mol. The number of carbonyl (C=O) groups is 1. The van der Waals surface area contributed by atoms with Crippen LogP contribution in [0.5, 0.6) is 0 Å². The summed E-state index contributed by atoms with van der Waals surface area (Å²) < 4.78 is 1.77. The van der Waals surface area contributed by atoms with Gasteiger partial charge in [-0.3, -0.25) is 9.48 Å². The summed E-state index contributed by atoms with van der Waals surface area (Å²) in [6, 6.07) is 11.5. The standard InChI is InChI=1S/C15H11ClN2OS/c16-13-4-1-3-11(7-13)8-18-9-12(10-19)15(17-18)14-5-2-6-20-14/h1-7,9-10H,8H2. The molecule has 0 aliphatic heterocycles. The van der Waals surface area contributed by atoms with Crippen LogP contribution in [0.15, 0.2) is 48.0 Å². The second kappa shape index (κ2) is 5.61. The van der Waals surface area contributed by atoms with Gasteiger partial charge in [0, 0.05) is 11.2 Å². The monoisotopic (exact) mass is 302 g/mol. The molecule has 2 aromatic heterocycles. The van der Waals surface area contributed by atoms with Crippen molar-refractivity contribution >= 4 is 29.2 Å². The molecule has 5 heteroatoms. The highest BCUT2D eigenvalue weighted by Gasteiger charge is 2.11. The maximum Gasteiger partial charge on any atom is 0.153 e. The number of benzene rings is 1. The second-order valence-electron chi connectivity index (χ2n) is 4.36. The maximum absolute atomic E-state index is 11.2. The number of carbonyl (C=O) groups excluding carboxylic acids is 1. The van der Waals surface area contributed by atoms with Crippen molar-refractivity contribution in [2.75, 3.05) is 0 Å². The molecule has 0 aliphatic rings. The van der Waals surface area contributed by atoms with Crippen molar-refractivity contribution < 1.29 is 4.79 Å². The number of hydrogen-bond donors (Lipinski definition) is 0. The molecule has 0 aliphatic carbocycles. The number of halogens is 1. The predicted molar refractivity (Wildman–Crippen MR) is 81.5 cm³/mol. The lowest BCUT2D eigenvalue weighted by Crippen LogP contribution is -2.00. The average Bonchev–Trinajstić information content (AvgIpc) is 3.06. The Kier molecular flexibility index (Phi) is 3.67. The number of hydrogen-bond acceptors (Lipinski definition) is 3. The first kappa shape index (κ1) is 13.1.